The molecular formula is C19H24O2. The second kappa shape index (κ2) is 4.18. The fourth-order valence-corrected chi connectivity index (χ4v) is 5.97. The molecule has 0 N–H and O–H groups in total. The molecule has 3 fully saturated rings. The third-order valence-electron chi connectivity index (χ3n) is 7.27. The topological polar surface area (TPSA) is 34.1 Å². The lowest BCUT2D eigenvalue weighted by Gasteiger charge is -2.55. The summed E-state index contributed by atoms with van der Waals surface area (Å²) >= 11 is 0. The maximum Gasteiger partial charge on any atom is 0.178 e. The molecule has 0 amide bonds. The zero-order valence-corrected chi connectivity index (χ0v) is 13.0. The van der Waals surface area contributed by atoms with Crippen molar-refractivity contribution in [2.75, 3.05) is 0 Å². The molecule has 5 atom stereocenters. The number of carbonyl (C=O) groups excluding carboxylic acids is 2. The van der Waals surface area contributed by atoms with Crippen LogP contribution in [0.2, 0.25) is 0 Å². The minimum atomic E-state index is -0.0487. The largest absolute Gasteiger partial charge is 0.299 e. The molecule has 4 rings (SSSR count). The Balaban J connectivity index is 1.72. The number of hydrogen-bond acceptors (Lipinski definition) is 2. The maximum atomic E-state index is 12.3. The van der Waals surface area contributed by atoms with Crippen molar-refractivity contribution >= 4 is 11.6 Å². The summed E-state index contributed by atoms with van der Waals surface area (Å²) in [6, 6.07) is 0. The Morgan fingerprint density at radius 3 is 2.67 bits per heavy atom. The van der Waals surface area contributed by atoms with E-state index in [2.05, 4.69) is 19.9 Å². The predicted octanol–water partition coefficient (Wildman–Crippen LogP) is 3.86. The van der Waals surface area contributed by atoms with Crippen molar-refractivity contribution in [1.29, 1.82) is 0 Å². The molecule has 3 saturated carbocycles. The van der Waals surface area contributed by atoms with Gasteiger partial charge in [0, 0.05) is 17.3 Å². The standard InChI is InChI=1S/C19H24O2/c1-18-9-7-13(20)11-12(18)3-4-14-15-5-6-17(21)19(15,2)10-8-16(14)18/h7,9,11,14-16H,3-6,8,10H2,1-2H3/t14-,15-,16-,18+,19+/m1/s1. The molecule has 112 valence electrons. The number of carbonyl (C=O) groups is 2. The van der Waals surface area contributed by atoms with Crippen LogP contribution >= 0.6 is 0 Å². The summed E-state index contributed by atoms with van der Waals surface area (Å²) in [5, 5.41) is 0. The summed E-state index contributed by atoms with van der Waals surface area (Å²) in [5.41, 5.74) is 1.35. The second-order valence-corrected chi connectivity index (χ2v) is 8.02. The average molecular weight is 284 g/mol. The summed E-state index contributed by atoms with van der Waals surface area (Å²) < 4.78 is 0. The summed E-state index contributed by atoms with van der Waals surface area (Å²) in [6.45, 7) is 4.54. The minimum absolute atomic E-state index is 0.0487. The van der Waals surface area contributed by atoms with E-state index in [1.807, 2.05) is 6.08 Å². The molecule has 4 aliphatic rings. The number of ketones is 2. The van der Waals surface area contributed by atoms with Gasteiger partial charge in [-0.05, 0) is 62.0 Å². The molecule has 0 aromatic carbocycles. The van der Waals surface area contributed by atoms with Crippen LogP contribution in [0.25, 0.3) is 0 Å². The number of allylic oxidation sites excluding steroid dienone is 4. The predicted molar refractivity (Wildman–Crippen MR) is 81.6 cm³/mol. The normalized spacial score (nSPS) is 48.5. The Labute approximate surface area is 126 Å². The van der Waals surface area contributed by atoms with E-state index in [4.69, 9.17) is 0 Å². The van der Waals surface area contributed by atoms with E-state index in [0.717, 1.165) is 32.1 Å². The minimum Gasteiger partial charge on any atom is -0.299 e. The maximum absolute atomic E-state index is 12.3. The molecule has 0 bridgehead atoms. The van der Waals surface area contributed by atoms with Gasteiger partial charge in [-0.1, -0.05) is 25.5 Å². The average Bonchev–Trinajstić information content (AvgIpc) is 2.76. The molecular weight excluding hydrogens is 260 g/mol. The molecule has 0 spiro atoms. The van der Waals surface area contributed by atoms with E-state index < -0.39 is 0 Å². The smallest absolute Gasteiger partial charge is 0.178 e. The fourth-order valence-electron chi connectivity index (χ4n) is 5.97. The highest BCUT2D eigenvalue weighted by atomic mass is 16.1. The Bertz CT molecular complexity index is 584. The molecule has 2 heteroatoms. The SMILES string of the molecule is C[C@]12C=CC(=O)C=C1CC[C@H]1[C@H]2CC[C@]2(C)C(=O)CC[C@H]12. The van der Waals surface area contributed by atoms with Crippen molar-refractivity contribution in [3.05, 3.63) is 23.8 Å². The van der Waals surface area contributed by atoms with Crippen LogP contribution in [0.5, 0.6) is 0 Å². The van der Waals surface area contributed by atoms with Crippen LogP contribution in [0.3, 0.4) is 0 Å². The van der Waals surface area contributed by atoms with E-state index in [1.165, 1.54) is 12.0 Å². The zero-order chi connectivity index (χ0) is 14.8. The highest BCUT2D eigenvalue weighted by Gasteiger charge is 2.58. The molecule has 0 heterocycles. The van der Waals surface area contributed by atoms with E-state index in [9.17, 15) is 9.59 Å². The quantitative estimate of drug-likeness (QED) is 0.677. The zero-order valence-electron chi connectivity index (χ0n) is 13.0. The Hall–Kier alpha value is -1.18. The third-order valence-corrected chi connectivity index (χ3v) is 7.27. The molecule has 0 aromatic heterocycles. The van der Waals surface area contributed by atoms with Crippen LogP contribution in [-0.2, 0) is 9.59 Å². The summed E-state index contributed by atoms with van der Waals surface area (Å²) in [7, 11) is 0. The molecule has 4 aliphatic carbocycles. The Morgan fingerprint density at radius 1 is 1.05 bits per heavy atom. The highest BCUT2D eigenvalue weighted by molar-refractivity contribution is 6.01. The van der Waals surface area contributed by atoms with Crippen LogP contribution in [0, 0.1) is 28.6 Å². The van der Waals surface area contributed by atoms with Crippen LogP contribution in [0.1, 0.15) is 52.4 Å². The lowest BCUT2D eigenvalue weighted by molar-refractivity contribution is -0.131. The van der Waals surface area contributed by atoms with E-state index >= 15 is 0 Å². The van der Waals surface area contributed by atoms with E-state index in [-0.39, 0.29) is 16.6 Å². The van der Waals surface area contributed by atoms with Gasteiger partial charge >= 0.3 is 0 Å². The summed E-state index contributed by atoms with van der Waals surface area (Å²) in [5.74, 6) is 2.51. The molecule has 2 nitrogen and oxygen atoms in total. The van der Waals surface area contributed by atoms with Gasteiger partial charge in [0.2, 0.25) is 0 Å². The van der Waals surface area contributed by atoms with Crippen molar-refractivity contribution in [2.45, 2.75) is 52.4 Å². The number of fused-ring (bicyclic) bond motifs is 5. The monoisotopic (exact) mass is 284 g/mol. The van der Waals surface area contributed by atoms with Gasteiger partial charge in [-0.2, -0.15) is 0 Å². The first-order valence-corrected chi connectivity index (χ1v) is 8.43. The molecule has 0 aromatic rings. The Morgan fingerprint density at radius 2 is 1.86 bits per heavy atom. The molecule has 0 aliphatic heterocycles. The summed E-state index contributed by atoms with van der Waals surface area (Å²) in [6.07, 6.45) is 12.1. The van der Waals surface area contributed by atoms with Crippen molar-refractivity contribution in [3.63, 3.8) is 0 Å². The first-order valence-electron chi connectivity index (χ1n) is 8.43. The van der Waals surface area contributed by atoms with Crippen molar-refractivity contribution in [3.8, 4) is 0 Å². The Kier molecular flexibility index (Phi) is 2.68. The van der Waals surface area contributed by atoms with Gasteiger partial charge in [-0.3, -0.25) is 9.59 Å². The third kappa shape index (κ3) is 1.65. The summed E-state index contributed by atoms with van der Waals surface area (Å²) in [4.78, 5) is 24.0. The lowest BCUT2D eigenvalue weighted by atomic mass is 9.48. The van der Waals surface area contributed by atoms with Gasteiger partial charge in [0.15, 0.2) is 5.78 Å². The highest BCUT2D eigenvalue weighted by Crippen LogP contribution is 2.63. The van der Waals surface area contributed by atoms with Crippen LogP contribution in [-0.4, -0.2) is 11.6 Å². The van der Waals surface area contributed by atoms with Gasteiger partial charge in [0.05, 0.1) is 0 Å². The van der Waals surface area contributed by atoms with E-state index in [0.29, 0.717) is 23.5 Å². The number of hydrogen-bond donors (Lipinski definition) is 0. The number of Topliss-reactive ketones (excluding diaryl/α,β-unsaturated/α-hetero) is 1. The first-order chi connectivity index (χ1) is 9.95. The molecule has 0 saturated heterocycles. The number of rotatable bonds is 0. The molecule has 0 radical (unpaired) electrons. The fraction of sp³-hybridized carbons (Fsp3) is 0.684. The van der Waals surface area contributed by atoms with Crippen molar-refractivity contribution < 1.29 is 9.59 Å². The van der Waals surface area contributed by atoms with Gasteiger partial charge < -0.3 is 0 Å². The van der Waals surface area contributed by atoms with Crippen LogP contribution < -0.4 is 0 Å². The molecule has 21 heavy (non-hydrogen) atoms. The van der Waals surface area contributed by atoms with Crippen molar-refractivity contribution in [2.24, 2.45) is 28.6 Å². The van der Waals surface area contributed by atoms with Gasteiger partial charge in [0.1, 0.15) is 5.78 Å². The van der Waals surface area contributed by atoms with Crippen LogP contribution in [0.15, 0.2) is 23.8 Å². The first kappa shape index (κ1) is 13.5. The van der Waals surface area contributed by atoms with Crippen LogP contribution in [0.4, 0.5) is 0 Å². The van der Waals surface area contributed by atoms with Gasteiger partial charge in [-0.15, -0.1) is 0 Å². The molecule has 0 unspecified atom stereocenters. The lowest BCUT2D eigenvalue weighted by Crippen LogP contribution is -2.49. The van der Waals surface area contributed by atoms with Crippen molar-refractivity contribution in [1.82, 2.24) is 0 Å². The van der Waals surface area contributed by atoms with E-state index in [1.54, 1.807) is 6.08 Å². The van der Waals surface area contributed by atoms with Gasteiger partial charge in [-0.25, -0.2) is 0 Å². The second-order valence-electron chi connectivity index (χ2n) is 8.02. The van der Waals surface area contributed by atoms with Gasteiger partial charge in [0.25, 0.3) is 0 Å².